The second kappa shape index (κ2) is 5.46. The van der Waals surface area contributed by atoms with E-state index in [1.54, 1.807) is 6.92 Å². The van der Waals surface area contributed by atoms with Crippen molar-refractivity contribution in [3.8, 4) is 0 Å². The third kappa shape index (κ3) is 2.95. The van der Waals surface area contributed by atoms with Crippen molar-refractivity contribution in [2.45, 2.75) is 40.2 Å². The van der Waals surface area contributed by atoms with Crippen molar-refractivity contribution in [2.75, 3.05) is 18.7 Å². The fraction of sp³-hybridized carbons (Fsp3) is 0.833. The van der Waals surface area contributed by atoms with E-state index in [1.165, 1.54) is 0 Å². The lowest BCUT2D eigenvalue weighted by Gasteiger charge is -2.19. The van der Waals surface area contributed by atoms with E-state index in [4.69, 9.17) is 4.74 Å². The van der Waals surface area contributed by atoms with Gasteiger partial charge in [-0.15, -0.1) is 0 Å². The highest BCUT2D eigenvalue weighted by Crippen LogP contribution is 2.46. The first-order chi connectivity index (χ1) is 7.43. The molecule has 0 radical (unpaired) electrons. The second-order valence-electron chi connectivity index (χ2n) is 4.64. The average molecular weight is 248 g/mol. The van der Waals surface area contributed by atoms with Crippen molar-refractivity contribution >= 4 is 7.14 Å². The van der Waals surface area contributed by atoms with Gasteiger partial charge in [0.2, 0.25) is 0 Å². The Balaban J connectivity index is 2.56. The molecule has 0 aromatic heterocycles. The predicted molar refractivity (Wildman–Crippen MR) is 66.0 cm³/mol. The normalized spacial score (nSPS) is 26.6. The molecule has 0 aliphatic heterocycles. The molecule has 0 aromatic rings. The number of halogens is 1. The van der Waals surface area contributed by atoms with Crippen LogP contribution in [0.5, 0.6) is 0 Å². The van der Waals surface area contributed by atoms with Crippen LogP contribution in [0.3, 0.4) is 0 Å². The number of hydrogen-bond acceptors (Lipinski definition) is 2. The Morgan fingerprint density at radius 1 is 1.44 bits per heavy atom. The summed E-state index contributed by atoms with van der Waals surface area (Å²) < 4.78 is 31.3. The third-order valence-electron chi connectivity index (χ3n) is 3.52. The standard InChI is InChI=1S/C12H22FO2P/c1-5-16(14,6-2)8-15-11-7-9(3)12(13)10(11)4/h9,11H,5-8H2,1-4H3/t9-,11?/m1/s1. The van der Waals surface area contributed by atoms with Crippen molar-refractivity contribution in [1.29, 1.82) is 0 Å². The Kier molecular flexibility index (Phi) is 4.75. The monoisotopic (exact) mass is 248 g/mol. The molecule has 2 atom stereocenters. The summed E-state index contributed by atoms with van der Waals surface area (Å²) in [6, 6.07) is 0. The maximum atomic E-state index is 13.5. The molecule has 0 fully saturated rings. The zero-order chi connectivity index (χ0) is 12.3. The molecule has 1 unspecified atom stereocenters. The fourth-order valence-electron chi connectivity index (χ4n) is 1.97. The topological polar surface area (TPSA) is 26.3 Å². The maximum Gasteiger partial charge on any atom is 0.112 e. The lowest BCUT2D eigenvalue weighted by atomic mass is 10.1. The largest absolute Gasteiger partial charge is 0.366 e. The molecule has 1 aliphatic rings. The smallest absolute Gasteiger partial charge is 0.112 e. The van der Waals surface area contributed by atoms with Gasteiger partial charge in [-0.2, -0.15) is 0 Å². The molecule has 1 rings (SSSR count). The van der Waals surface area contributed by atoms with E-state index in [0.29, 0.717) is 30.7 Å². The maximum absolute atomic E-state index is 13.5. The highest BCUT2D eigenvalue weighted by Gasteiger charge is 2.31. The zero-order valence-electron chi connectivity index (χ0n) is 10.6. The van der Waals surface area contributed by atoms with Gasteiger partial charge in [-0.05, 0) is 18.9 Å². The second-order valence-corrected chi connectivity index (χ2v) is 8.28. The van der Waals surface area contributed by atoms with E-state index in [-0.39, 0.29) is 17.8 Å². The van der Waals surface area contributed by atoms with Crippen LogP contribution < -0.4 is 0 Å². The van der Waals surface area contributed by atoms with Crippen LogP contribution in [0, 0.1) is 5.92 Å². The van der Waals surface area contributed by atoms with E-state index >= 15 is 0 Å². The minimum absolute atomic E-state index is 0.0483. The minimum atomic E-state index is -2.17. The van der Waals surface area contributed by atoms with Gasteiger partial charge in [-0.25, -0.2) is 4.39 Å². The van der Waals surface area contributed by atoms with Crippen LogP contribution in [0.1, 0.15) is 34.1 Å². The van der Waals surface area contributed by atoms with Gasteiger partial charge in [0.15, 0.2) is 0 Å². The van der Waals surface area contributed by atoms with E-state index in [0.717, 1.165) is 0 Å². The van der Waals surface area contributed by atoms with Crippen molar-refractivity contribution in [3.05, 3.63) is 11.4 Å². The van der Waals surface area contributed by atoms with E-state index in [9.17, 15) is 8.96 Å². The highest BCUT2D eigenvalue weighted by molar-refractivity contribution is 7.63. The summed E-state index contributed by atoms with van der Waals surface area (Å²) >= 11 is 0. The van der Waals surface area contributed by atoms with Gasteiger partial charge in [0.05, 0.1) is 6.10 Å². The van der Waals surface area contributed by atoms with Crippen LogP contribution in [-0.4, -0.2) is 24.8 Å². The van der Waals surface area contributed by atoms with Gasteiger partial charge in [0.1, 0.15) is 19.3 Å². The molecule has 0 heterocycles. The van der Waals surface area contributed by atoms with Crippen LogP contribution in [0.2, 0.25) is 0 Å². The summed E-state index contributed by atoms with van der Waals surface area (Å²) in [4.78, 5) is 0. The molecular formula is C12H22FO2P. The Labute approximate surface area is 97.6 Å². The highest BCUT2D eigenvalue weighted by atomic mass is 31.2. The van der Waals surface area contributed by atoms with E-state index in [1.807, 2.05) is 20.8 Å². The summed E-state index contributed by atoms with van der Waals surface area (Å²) in [5.74, 6) is -0.0968. The quantitative estimate of drug-likeness (QED) is 0.687. The van der Waals surface area contributed by atoms with Crippen LogP contribution in [0.15, 0.2) is 11.4 Å². The molecule has 0 saturated carbocycles. The summed E-state index contributed by atoms with van der Waals surface area (Å²) in [5, 5.41) is 0. The number of rotatable bonds is 5. The Bertz CT molecular complexity index is 317. The third-order valence-corrected chi connectivity index (χ3v) is 6.45. The molecule has 2 nitrogen and oxygen atoms in total. The molecule has 0 saturated heterocycles. The molecule has 16 heavy (non-hydrogen) atoms. The number of ether oxygens (including phenoxy) is 1. The zero-order valence-corrected chi connectivity index (χ0v) is 11.5. The van der Waals surface area contributed by atoms with Crippen molar-refractivity contribution in [2.24, 2.45) is 5.92 Å². The van der Waals surface area contributed by atoms with E-state index < -0.39 is 7.14 Å². The Morgan fingerprint density at radius 3 is 2.38 bits per heavy atom. The fourth-order valence-corrected chi connectivity index (χ4v) is 3.23. The minimum Gasteiger partial charge on any atom is -0.366 e. The van der Waals surface area contributed by atoms with Gasteiger partial charge in [-0.1, -0.05) is 20.8 Å². The average Bonchev–Trinajstić information content (AvgIpc) is 2.54. The Hall–Kier alpha value is -0.140. The van der Waals surface area contributed by atoms with Gasteiger partial charge in [0, 0.05) is 18.2 Å². The van der Waals surface area contributed by atoms with Gasteiger partial charge >= 0.3 is 0 Å². The molecule has 0 N–H and O–H groups in total. The van der Waals surface area contributed by atoms with Crippen LogP contribution in [-0.2, 0) is 9.30 Å². The summed E-state index contributed by atoms with van der Waals surface area (Å²) in [6.45, 7) is 7.48. The van der Waals surface area contributed by atoms with Crippen LogP contribution >= 0.6 is 7.14 Å². The van der Waals surface area contributed by atoms with Crippen LogP contribution in [0.25, 0.3) is 0 Å². The first-order valence-corrected chi connectivity index (χ1v) is 8.24. The number of hydrogen-bond donors (Lipinski definition) is 0. The van der Waals surface area contributed by atoms with Gasteiger partial charge in [-0.3, -0.25) is 0 Å². The molecule has 0 aromatic carbocycles. The van der Waals surface area contributed by atoms with Crippen LogP contribution in [0.4, 0.5) is 4.39 Å². The van der Waals surface area contributed by atoms with Crippen molar-refractivity contribution in [3.63, 3.8) is 0 Å². The summed E-state index contributed by atoms with van der Waals surface area (Å²) in [7, 11) is -2.17. The number of allylic oxidation sites excluding steroid dienone is 1. The Morgan fingerprint density at radius 2 is 2.00 bits per heavy atom. The lowest BCUT2D eigenvalue weighted by Crippen LogP contribution is -2.14. The first-order valence-electron chi connectivity index (χ1n) is 5.98. The van der Waals surface area contributed by atoms with Gasteiger partial charge < -0.3 is 9.30 Å². The molecule has 94 valence electrons. The molecular weight excluding hydrogens is 226 g/mol. The summed E-state index contributed by atoms with van der Waals surface area (Å²) in [5.41, 5.74) is 0.686. The first kappa shape index (κ1) is 13.9. The van der Waals surface area contributed by atoms with Gasteiger partial charge in [0.25, 0.3) is 0 Å². The van der Waals surface area contributed by atoms with E-state index in [2.05, 4.69) is 0 Å². The molecule has 4 heteroatoms. The predicted octanol–water partition coefficient (Wildman–Crippen LogP) is 4.02. The molecule has 0 bridgehead atoms. The molecule has 0 amide bonds. The van der Waals surface area contributed by atoms with Crippen molar-refractivity contribution < 1.29 is 13.7 Å². The summed E-state index contributed by atoms with van der Waals surface area (Å²) in [6.07, 6.45) is 2.14. The molecule has 0 spiro atoms. The van der Waals surface area contributed by atoms with Crippen molar-refractivity contribution in [1.82, 2.24) is 0 Å². The lowest BCUT2D eigenvalue weighted by molar-refractivity contribution is 0.107. The SMILES string of the molecule is CCP(=O)(CC)COC1C[C@@H](C)C(F)=C1C. The molecule has 1 aliphatic carbocycles.